The molecule has 0 fully saturated rings. The molecule has 0 aliphatic carbocycles. The fourth-order valence-electron chi connectivity index (χ4n) is 1.46. The molecule has 0 saturated carbocycles. The van der Waals surface area contributed by atoms with Crippen LogP contribution in [0.3, 0.4) is 0 Å². The van der Waals surface area contributed by atoms with E-state index >= 15 is 0 Å². The van der Waals surface area contributed by atoms with Crippen LogP contribution in [0.2, 0.25) is 15.1 Å². The highest BCUT2D eigenvalue weighted by molar-refractivity contribution is 7.98. The highest BCUT2D eigenvalue weighted by Crippen LogP contribution is 2.31. The first-order valence-electron chi connectivity index (χ1n) is 5.54. The summed E-state index contributed by atoms with van der Waals surface area (Å²) in [6, 6.07) is 1.90. The molecule has 0 unspecified atom stereocenters. The summed E-state index contributed by atoms with van der Waals surface area (Å²) in [6.07, 6.45) is 2.16. The maximum atomic E-state index is 12.1. The fraction of sp³-hybridized carbons (Fsp3) is 0.333. The molecule has 0 aliphatic rings. The van der Waals surface area contributed by atoms with Crippen molar-refractivity contribution in [2.75, 3.05) is 12.0 Å². The van der Waals surface area contributed by atoms with Crippen LogP contribution in [0.5, 0.6) is 0 Å². The molecule has 2 N–H and O–H groups in total. The lowest BCUT2D eigenvalue weighted by atomic mass is 10.1. The number of aliphatic carboxylic acids is 1. The van der Waals surface area contributed by atoms with E-state index in [1.807, 2.05) is 6.26 Å². The number of benzene rings is 1. The van der Waals surface area contributed by atoms with Crippen molar-refractivity contribution in [2.24, 2.45) is 0 Å². The summed E-state index contributed by atoms with van der Waals surface area (Å²) < 4.78 is 0. The van der Waals surface area contributed by atoms with E-state index in [1.54, 1.807) is 0 Å². The molecule has 0 aliphatic heterocycles. The largest absolute Gasteiger partial charge is 0.480 e. The lowest BCUT2D eigenvalue weighted by molar-refractivity contribution is -0.139. The Morgan fingerprint density at radius 1 is 1.30 bits per heavy atom. The normalized spacial score (nSPS) is 12.0. The van der Waals surface area contributed by atoms with Gasteiger partial charge in [-0.05, 0) is 30.6 Å². The van der Waals surface area contributed by atoms with Crippen LogP contribution < -0.4 is 5.32 Å². The minimum absolute atomic E-state index is 0.00525. The lowest BCUT2D eigenvalue weighted by Gasteiger charge is -2.15. The second kappa shape index (κ2) is 7.98. The predicted molar refractivity (Wildman–Crippen MR) is 83.4 cm³/mol. The zero-order chi connectivity index (χ0) is 15.3. The van der Waals surface area contributed by atoms with Gasteiger partial charge < -0.3 is 10.4 Å². The van der Waals surface area contributed by atoms with Crippen molar-refractivity contribution in [3.63, 3.8) is 0 Å². The van der Waals surface area contributed by atoms with E-state index in [2.05, 4.69) is 5.32 Å². The summed E-state index contributed by atoms with van der Waals surface area (Å²) in [6.45, 7) is 0. The topological polar surface area (TPSA) is 66.4 Å². The van der Waals surface area contributed by atoms with Crippen molar-refractivity contribution in [3.8, 4) is 0 Å². The Morgan fingerprint density at radius 3 is 2.45 bits per heavy atom. The number of amides is 1. The van der Waals surface area contributed by atoms with E-state index in [4.69, 9.17) is 39.9 Å². The third-order valence-electron chi connectivity index (χ3n) is 2.49. The molecule has 8 heteroatoms. The Labute approximate surface area is 135 Å². The van der Waals surface area contributed by atoms with Crippen molar-refractivity contribution in [3.05, 3.63) is 32.8 Å². The minimum atomic E-state index is -1.11. The second-order valence-corrected chi connectivity index (χ2v) is 6.04. The van der Waals surface area contributed by atoms with E-state index in [9.17, 15) is 9.59 Å². The van der Waals surface area contributed by atoms with Crippen LogP contribution in [0.4, 0.5) is 0 Å². The van der Waals surface area contributed by atoms with Gasteiger partial charge >= 0.3 is 5.97 Å². The Kier molecular flexibility index (Phi) is 6.95. The quantitative estimate of drug-likeness (QED) is 0.765. The number of hydrogen-bond acceptors (Lipinski definition) is 3. The maximum absolute atomic E-state index is 12.1. The van der Waals surface area contributed by atoms with Gasteiger partial charge in [0, 0.05) is 0 Å². The summed E-state index contributed by atoms with van der Waals surface area (Å²) in [5.41, 5.74) is -0.0174. The van der Waals surface area contributed by atoms with Gasteiger partial charge in [0.25, 0.3) is 5.91 Å². The van der Waals surface area contributed by atoms with Crippen LogP contribution in [-0.2, 0) is 4.79 Å². The highest BCUT2D eigenvalue weighted by atomic mass is 35.5. The number of carbonyl (C=O) groups excluding carboxylic acids is 1. The Bertz CT molecular complexity index is 525. The first kappa shape index (κ1) is 17.4. The van der Waals surface area contributed by atoms with Gasteiger partial charge in [0.1, 0.15) is 6.04 Å². The molecule has 1 rings (SSSR count). The summed E-state index contributed by atoms with van der Waals surface area (Å²) in [7, 11) is 0. The molecule has 1 aromatic rings. The average molecular weight is 357 g/mol. The van der Waals surface area contributed by atoms with E-state index in [1.165, 1.54) is 23.9 Å². The van der Waals surface area contributed by atoms with Gasteiger partial charge in [-0.1, -0.05) is 34.8 Å². The third kappa shape index (κ3) is 4.45. The number of thioether (sulfide) groups is 1. The molecule has 0 heterocycles. The first-order chi connectivity index (χ1) is 9.38. The SMILES string of the molecule is CSCC[C@H](NC(=O)c1c(Cl)ccc(Cl)c1Cl)C(=O)O. The van der Waals surface area contributed by atoms with Crippen LogP contribution >= 0.6 is 46.6 Å². The van der Waals surface area contributed by atoms with Crippen molar-refractivity contribution < 1.29 is 14.7 Å². The summed E-state index contributed by atoms with van der Waals surface area (Å²) in [5, 5.41) is 11.8. The first-order valence-corrected chi connectivity index (χ1v) is 8.07. The summed E-state index contributed by atoms with van der Waals surface area (Å²) in [4.78, 5) is 23.2. The molecular formula is C12H12Cl3NO3S. The van der Waals surface area contributed by atoms with Gasteiger partial charge in [-0.15, -0.1) is 0 Å². The number of carboxylic acids is 1. The van der Waals surface area contributed by atoms with Crippen LogP contribution in [0, 0.1) is 0 Å². The van der Waals surface area contributed by atoms with E-state index < -0.39 is 17.9 Å². The zero-order valence-corrected chi connectivity index (χ0v) is 13.5. The van der Waals surface area contributed by atoms with Gasteiger partial charge in [0.15, 0.2) is 0 Å². The lowest BCUT2D eigenvalue weighted by Crippen LogP contribution is -2.41. The highest BCUT2D eigenvalue weighted by Gasteiger charge is 2.23. The molecule has 0 radical (unpaired) electrons. The molecule has 0 spiro atoms. The number of nitrogens with one attached hydrogen (secondary N) is 1. The van der Waals surface area contributed by atoms with E-state index in [-0.39, 0.29) is 20.6 Å². The van der Waals surface area contributed by atoms with Crippen molar-refractivity contribution in [1.82, 2.24) is 5.32 Å². The van der Waals surface area contributed by atoms with Crippen LogP contribution in [0.1, 0.15) is 16.8 Å². The third-order valence-corrected chi connectivity index (χ3v) is 4.25. The Hall–Kier alpha value is -0.620. The molecule has 110 valence electrons. The van der Waals surface area contributed by atoms with Gasteiger partial charge in [0.2, 0.25) is 0 Å². The van der Waals surface area contributed by atoms with Crippen molar-refractivity contribution >= 4 is 58.4 Å². The average Bonchev–Trinajstić information content (AvgIpc) is 2.39. The fourth-order valence-corrected chi connectivity index (χ4v) is 2.63. The molecule has 1 atom stereocenters. The molecule has 0 aromatic heterocycles. The smallest absolute Gasteiger partial charge is 0.326 e. The zero-order valence-electron chi connectivity index (χ0n) is 10.5. The minimum Gasteiger partial charge on any atom is -0.480 e. The predicted octanol–water partition coefficient (Wildman–Crippen LogP) is 3.58. The van der Waals surface area contributed by atoms with Gasteiger partial charge in [-0.2, -0.15) is 11.8 Å². The van der Waals surface area contributed by atoms with E-state index in [0.717, 1.165) is 0 Å². The number of carbonyl (C=O) groups is 2. The number of rotatable bonds is 6. The number of hydrogen-bond donors (Lipinski definition) is 2. The maximum Gasteiger partial charge on any atom is 0.326 e. The number of halogens is 3. The molecule has 0 saturated heterocycles. The second-order valence-electron chi connectivity index (χ2n) is 3.86. The van der Waals surface area contributed by atoms with Crippen molar-refractivity contribution in [1.29, 1.82) is 0 Å². The molecule has 0 bridgehead atoms. The van der Waals surface area contributed by atoms with Crippen LogP contribution in [0.15, 0.2) is 12.1 Å². The molecule has 1 amide bonds. The van der Waals surface area contributed by atoms with Gasteiger partial charge in [-0.3, -0.25) is 4.79 Å². The molecule has 4 nitrogen and oxygen atoms in total. The van der Waals surface area contributed by atoms with Crippen LogP contribution in [-0.4, -0.2) is 35.0 Å². The van der Waals surface area contributed by atoms with E-state index in [0.29, 0.717) is 12.2 Å². The van der Waals surface area contributed by atoms with Crippen molar-refractivity contribution in [2.45, 2.75) is 12.5 Å². The summed E-state index contributed by atoms with van der Waals surface area (Å²) in [5.74, 6) is -1.16. The van der Waals surface area contributed by atoms with Gasteiger partial charge in [-0.25, -0.2) is 4.79 Å². The molecular weight excluding hydrogens is 345 g/mol. The van der Waals surface area contributed by atoms with Gasteiger partial charge in [0.05, 0.1) is 20.6 Å². The standard InChI is InChI=1S/C12H12Cl3NO3S/c1-20-5-4-8(12(18)19)16-11(17)9-6(13)2-3-7(14)10(9)15/h2-3,8H,4-5H2,1H3,(H,16,17)(H,18,19)/t8-/m0/s1. The monoisotopic (exact) mass is 355 g/mol. The molecule has 1 aromatic carbocycles. The molecule has 20 heavy (non-hydrogen) atoms. The number of carboxylic acid groups (broad SMARTS) is 1. The Morgan fingerprint density at radius 2 is 1.90 bits per heavy atom. The Balaban J connectivity index is 2.95. The van der Waals surface area contributed by atoms with Crippen LogP contribution in [0.25, 0.3) is 0 Å². The summed E-state index contributed by atoms with van der Waals surface area (Å²) >= 11 is 19.2.